The number of benzene rings is 2. The van der Waals surface area contributed by atoms with Gasteiger partial charge in [0.1, 0.15) is 11.7 Å². The van der Waals surface area contributed by atoms with Gasteiger partial charge in [0.25, 0.3) is 5.91 Å². The Labute approximate surface area is 145 Å². The monoisotopic (exact) mass is 339 g/mol. The van der Waals surface area contributed by atoms with Gasteiger partial charge in [0, 0.05) is 5.56 Å². The Bertz CT molecular complexity index is 846. The Hall–Kier alpha value is -3.02. The molecule has 2 aromatic carbocycles. The van der Waals surface area contributed by atoms with E-state index in [-0.39, 0.29) is 11.7 Å². The van der Waals surface area contributed by atoms with E-state index in [1.165, 1.54) is 29.2 Å². The number of aryl methyl sites for hydroxylation is 1. The number of amidine groups is 1. The Morgan fingerprint density at radius 1 is 1.24 bits per heavy atom. The average molecular weight is 339 g/mol. The van der Waals surface area contributed by atoms with Gasteiger partial charge in [0.15, 0.2) is 0 Å². The molecule has 128 valence electrons. The molecule has 0 radical (unpaired) electrons. The van der Waals surface area contributed by atoms with Crippen LogP contribution in [-0.4, -0.2) is 24.2 Å². The largest absolute Gasteiger partial charge is 0.349 e. The van der Waals surface area contributed by atoms with Crippen molar-refractivity contribution in [1.82, 2.24) is 5.32 Å². The molecule has 1 N–H and O–H groups in total. The van der Waals surface area contributed by atoms with Gasteiger partial charge in [0.05, 0.1) is 18.3 Å². The van der Waals surface area contributed by atoms with Gasteiger partial charge in [-0.05, 0) is 49.7 Å². The van der Waals surface area contributed by atoms with Gasteiger partial charge < -0.3 is 5.32 Å². The Morgan fingerprint density at radius 2 is 1.96 bits per heavy atom. The van der Waals surface area contributed by atoms with Crippen LogP contribution < -0.4 is 10.2 Å². The first-order valence-electron chi connectivity index (χ1n) is 7.95. The number of hydrogen-bond donors (Lipinski definition) is 1. The summed E-state index contributed by atoms with van der Waals surface area (Å²) in [6, 6.07) is 10.8. The van der Waals surface area contributed by atoms with Gasteiger partial charge in [-0.2, -0.15) is 0 Å². The van der Waals surface area contributed by atoms with Crippen LogP contribution in [-0.2, 0) is 11.3 Å². The summed E-state index contributed by atoms with van der Waals surface area (Å²) in [5.41, 5.74) is 2.84. The lowest BCUT2D eigenvalue weighted by Gasteiger charge is -2.27. The smallest absolute Gasteiger partial charge is 0.264 e. The first-order chi connectivity index (χ1) is 12.0. The highest BCUT2D eigenvalue weighted by molar-refractivity contribution is 6.25. The van der Waals surface area contributed by atoms with Crippen molar-refractivity contribution in [2.45, 2.75) is 26.4 Å². The molecule has 0 aromatic heterocycles. The molecule has 0 saturated heterocycles. The highest BCUT2D eigenvalue weighted by Gasteiger charge is 2.30. The fourth-order valence-corrected chi connectivity index (χ4v) is 2.84. The molecule has 5 nitrogen and oxygen atoms in total. The Kier molecular flexibility index (Phi) is 4.61. The van der Waals surface area contributed by atoms with Crippen molar-refractivity contribution in [3.8, 4) is 0 Å². The number of aliphatic imine (C=N–C) groups is 1. The van der Waals surface area contributed by atoms with Crippen molar-refractivity contribution in [2.24, 2.45) is 4.99 Å². The van der Waals surface area contributed by atoms with Crippen LogP contribution in [0.3, 0.4) is 0 Å². The van der Waals surface area contributed by atoms with Crippen molar-refractivity contribution < 1.29 is 14.0 Å². The predicted octanol–water partition coefficient (Wildman–Crippen LogP) is 2.83. The lowest BCUT2D eigenvalue weighted by molar-refractivity contribution is -0.109. The maximum Gasteiger partial charge on any atom is 0.264 e. The van der Waals surface area contributed by atoms with E-state index in [0.29, 0.717) is 30.0 Å². The predicted molar refractivity (Wildman–Crippen MR) is 94.2 cm³/mol. The van der Waals surface area contributed by atoms with Crippen molar-refractivity contribution in [2.75, 3.05) is 4.90 Å². The summed E-state index contributed by atoms with van der Waals surface area (Å²) in [5.74, 6) is -0.224. The molecule has 1 aliphatic rings. The van der Waals surface area contributed by atoms with Crippen LogP contribution >= 0.6 is 0 Å². The summed E-state index contributed by atoms with van der Waals surface area (Å²) in [4.78, 5) is 30.1. The van der Waals surface area contributed by atoms with E-state index >= 15 is 0 Å². The molecule has 25 heavy (non-hydrogen) atoms. The molecule has 0 saturated carbocycles. The minimum atomic E-state index is -0.470. The van der Waals surface area contributed by atoms with Gasteiger partial charge in [0.2, 0.25) is 6.41 Å². The van der Waals surface area contributed by atoms with E-state index in [9.17, 15) is 14.0 Å². The molecule has 6 heteroatoms. The quantitative estimate of drug-likeness (QED) is 0.871. The Balaban J connectivity index is 2.14. The normalized spacial score (nSPS) is 15.1. The topological polar surface area (TPSA) is 61.8 Å². The second-order valence-corrected chi connectivity index (χ2v) is 5.96. The Morgan fingerprint density at radius 3 is 2.64 bits per heavy atom. The molecule has 0 fully saturated rings. The second-order valence-electron chi connectivity index (χ2n) is 5.96. The van der Waals surface area contributed by atoms with Crippen molar-refractivity contribution in [3.05, 3.63) is 65.0 Å². The number of nitrogens with zero attached hydrogens (tertiary/aromatic N) is 2. The third kappa shape index (κ3) is 3.28. The fraction of sp³-hybridized carbons (Fsp3) is 0.211. The molecule has 1 heterocycles. The number of carbonyl (C=O) groups excluding carboxylic acids is 2. The zero-order valence-corrected chi connectivity index (χ0v) is 14.0. The highest BCUT2D eigenvalue weighted by atomic mass is 19.1. The summed E-state index contributed by atoms with van der Waals surface area (Å²) in [7, 11) is 0. The van der Waals surface area contributed by atoms with Gasteiger partial charge in [-0.15, -0.1) is 0 Å². The summed E-state index contributed by atoms with van der Waals surface area (Å²) in [5, 5.41) is 2.63. The van der Waals surface area contributed by atoms with Crippen LogP contribution in [0.5, 0.6) is 0 Å². The first kappa shape index (κ1) is 16.8. The SMILES string of the molecule is Cc1ccc2c(c1)C(=O)N(c1ccc(F)cc1)C(C(C)NC=O)=NC2. The number of halogens is 1. The summed E-state index contributed by atoms with van der Waals surface area (Å²) >= 11 is 0. The van der Waals surface area contributed by atoms with Crippen molar-refractivity contribution >= 4 is 23.8 Å². The second kappa shape index (κ2) is 6.84. The molecule has 2 aromatic rings. The zero-order valence-electron chi connectivity index (χ0n) is 14.0. The van der Waals surface area contributed by atoms with E-state index in [1.807, 2.05) is 25.1 Å². The number of hydrogen-bond acceptors (Lipinski definition) is 3. The van der Waals surface area contributed by atoms with E-state index in [4.69, 9.17) is 0 Å². The van der Waals surface area contributed by atoms with Crippen LogP contribution in [0.1, 0.15) is 28.4 Å². The zero-order chi connectivity index (χ0) is 18.0. The summed E-state index contributed by atoms with van der Waals surface area (Å²) < 4.78 is 13.3. The number of rotatable bonds is 4. The number of carbonyl (C=O) groups is 2. The van der Waals surface area contributed by atoms with E-state index in [2.05, 4.69) is 10.3 Å². The van der Waals surface area contributed by atoms with Crippen LogP contribution in [0, 0.1) is 12.7 Å². The lowest BCUT2D eigenvalue weighted by Crippen LogP contribution is -2.47. The van der Waals surface area contributed by atoms with Gasteiger partial charge in [-0.25, -0.2) is 4.39 Å². The number of fused-ring (bicyclic) bond motifs is 1. The maximum atomic E-state index is 13.3. The standard InChI is InChI=1S/C19H18FN3O2/c1-12-3-4-14-10-21-18(13(2)22-11-24)23(19(25)17(14)9-12)16-7-5-15(20)6-8-16/h3-9,11,13H,10H2,1-2H3,(H,22,24). The van der Waals surface area contributed by atoms with Gasteiger partial charge >= 0.3 is 0 Å². The molecule has 1 unspecified atom stereocenters. The van der Waals surface area contributed by atoms with Crippen LogP contribution in [0.15, 0.2) is 47.5 Å². The minimum absolute atomic E-state index is 0.249. The highest BCUT2D eigenvalue weighted by Crippen LogP contribution is 2.25. The molecule has 1 aliphatic heterocycles. The van der Waals surface area contributed by atoms with Crippen molar-refractivity contribution in [1.29, 1.82) is 0 Å². The molecular formula is C19H18FN3O2. The van der Waals surface area contributed by atoms with Crippen LogP contribution in [0.4, 0.5) is 10.1 Å². The molecule has 0 aliphatic carbocycles. The third-order valence-corrected chi connectivity index (χ3v) is 4.13. The van der Waals surface area contributed by atoms with E-state index in [0.717, 1.165) is 11.1 Å². The number of anilines is 1. The molecular weight excluding hydrogens is 321 g/mol. The van der Waals surface area contributed by atoms with Gasteiger partial charge in [-0.3, -0.25) is 19.5 Å². The van der Waals surface area contributed by atoms with Crippen LogP contribution in [0.25, 0.3) is 0 Å². The summed E-state index contributed by atoms with van der Waals surface area (Å²) in [6.07, 6.45) is 0.572. The van der Waals surface area contributed by atoms with Crippen molar-refractivity contribution in [3.63, 3.8) is 0 Å². The molecule has 3 rings (SSSR count). The maximum absolute atomic E-state index is 13.3. The van der Waals surface area contributed by atoms with Crippen LogP contribution in [0.2, 0.25) is 0 Å². The number of nitrogens with one attached hydrogen (secondary N) is 1. The lowest BCUT2D eigenvalue weighted by atomic mass is 10.0. The summed E-state index contributed by atoms with van der Waals surface area (Å²) in [6.45, 7) is 4.00. The first-order valence-corrected chi connectivity index (χ1v) is 7.95. The number of amides is 2. The third-order valence-electron chi connectivity index (χ3n) is 4.13. The fourth-order valence-electron chi connectivity index (χ4n) is 2.84. The molecule has 0 spiro atoms. The van der Waals surface area contributed by atoms with E-state index < -0.39 is 6.04 Å². The average Bonchev–Trinajstić information content (AvgIpc) is 2.73. The minimum Gasteiger partial charge on any atom is -0.349 e. The molecule has 0 bridgehead atoms. The van der Waals surface area contributed by atoms with Gasteiger partial charge in [-0.1, -0.05) is 17.7 Å². The molecule has 1 atom stereocenters. The molecule has 2 amide bonds. The van der Waals surface area contributed by atoms with E-state index in [1.54, 1.807) is 6.92 Å².